The zero-order chi connectivity index (χ0) is 30.7. The number of esters is 1. The van der Waals surface area contributed by atoms with E-state index in [0.29, 0.717) is 56.4 Å². The van der Waals surface area contributed by atoms with Gasteiger partial charge in [-0.05, 0) is 43.3 Å². The lowest BCUT2D eigenvalue weighted by molar-refractivity contribution is 0.0532. The van der Waals surface area contributed by atoms with Crippen LogP contribution in [0, 0.1) is 0 Å². The SMILES string of the molecule is CCOC(=O)c1sc(Nc2ncccn2)nc1-c1ccccn1.O=C(O)c1sc(Nc2ncccn2)nc1-c1ccccn1. The molecule has 16 heteroatoms. The minimum Gasteiger partial charge on any atom is -0.477 e. The summed E-state index contributed by atoms with van der Waals surface area (Å²) in [6.45, 7) is 2.05. The average Bonchev–Trinajstić information content (AvgIpc) is 3.68. The van der Waals surface area contributed by atoms with Crippen molar-refractivity contribution in [2.45, 2.75) is 6.92 Å². The third-order valence-electron chi connectivity index (χ3n) is 5.29. The summed E-state index contributed by atoms with van der Waals surface area (Å²) < 4.78 is 5.10. The normalized spacial score (nSPS) is 10.3. The van der Waals surface area contributed by atoms with E-state index in [1.54, 1.807) is 86.6 Å². The fraction of sp³-hybridized carbons (Fsp3) is 0.0714. The number of aromatic nitrogens is 8. The van der Waals surface area contributed by atoms with Crippen LogP contribution in [0.2, 0.25) is 0 Å². The molecule has 0 saturated heterocycles. The molecule has 44 heavy (non-hydrogen) atoms. The van der Waals surface area contributed by atoms with Gasteiger partial charge in [-0.15, -0.1) is 0 Å². The fourth-order valence-electron chi connectivity index (χ4n) is 3.50. The minimum atomic E-state index is -1.05. The molecule has 0 aliphatic heterocycles. The Hall–Kier alpha value is -5.74. The number of carboxylic acids is 1. The first-order valence-electron chi connectivity index (χ1n) is 12.8. The molecule has 0 bridgehead atoms. The van der Waals surface area contributed by atoms with Gasteiger partial charge < -0.3 is 20.5 Å². The minimum absolute atomic E-state index is 0.118. The molecule has 0 radical (unpaired) electrons. The van der Waals surface area contributed by atoms with E-state index in [1.165, 1.54) is 11.3 Å². The summed E-state index contributed by atoms with van der Waals surface area (Å²) in [5.74, 6) is -0.706. The number of thiazole rings is 2. The number of carbonyl (C=O) groups is 2. The molecule has 0 spiro atoms. The van der Waals surface area contributed by atoms with Crippen molar-refractivity contribution in [2.75, 3.05) is 17.2 Å². The van der Waals surface area contributed by atoms with Gasteiger partial charge in [-0.2, -0.15) is 0 Å². The number of hydrogen-bond donors (Lipinski definition) is 3. The molecule has 14 nitrogen and oxygen atoms in total. The van der Waals surface area contributed by atoms with E-state index in [2.05, 4.69) is 50.5 Å². The summed E-state index contributed by atoms with van der Waals surface area (Å²) in [5, 5.41) is 16.1. The number of nitrogens with zero attached hydrogens (tertiary/aromatic N) is 8. The summed E-state index contributed by atoms with van der Waals surface area (Å²) in [7, 11) is 0. The van der Waals surface area contributed by atoms with Gasteiger partial charge in [0.15, 0.2) is 10.3 Å². The maximum atomic E-state index is 12.2. The van der Waals surface area contributed by atoms with Crippen molar-refractivity contribution in [3.8, 4) is 22.8 Å². The Morgan fingerprint density at radius 2 is 1.14 bits per heavy atom. The highest BCUT2D eigenvalue weighted by Gasteiger charge is 2.22. The van der Waals surface area contributed by atoms with Crippen molar-refractivity contribution in [1.29, 1.82) is 0 Å². The second-order valence-electron chi connectivity index (χ2n) is 8.24. The smallest absolute Gasteiger partial charge is 0.350 e. The highest BCUT2D eigenvalue weighted by molar-refractivity contribution is 7.18. The molecule has 0 fully saturated rings. The molecule has 6 rings (SSSR count). The number of carboxylic acid groups (broad SMARTS) is 1. The first-order chi connectivity index (χ1) is 21.5. The van der Waals surface area contributed by atoms with Crippen LogP contribution < -0.4 is 10.6 Å². The van der Waals surface area contributed by atoms with E-state index >= 15 is 0 Å². The molecule has 6 aromatic rings. The molecule has 6 aromatic heterocycles. The van der Waals surface area contributed by atoms with Crippen molar-refractivity contribution in [3.63, 3.8) is 0 Å². The number of aromatic carboxylic acids is 1. The predicted molar refractivity (Wildman–Crippen MR) is 164 cm³/mol. The van der Waals surface area contributed by atoms with Crippen molar-refractivity contribution in [1.82, 2.24) is 39.9 Å². The third-order valence-corrected chi connectivity index (χ3v) is 7.20. The number of nitrogens with one attached hydrogen (secondary N) is 2. The molecule has 220 valence electrons. The molecule has 0 saturated carbocycles. The molecule has 3 N–H and O–H groups in total. The maximum absolute atomic E-state index is 12.2. The van der Waals surface area contributed by atoms with Crippen LogP contribution in [-0.4, -0.2) is 63.5 Å². The Morgan fingerprint density at radius 1 is 0.682 bits per heavy atom. The summed E-state index contributed by atoms with van der Waals surface area (Å²) >= 11 is 2.20. The number of rotatable bonds is 9. The van der Waals surface area contributed by atoms with Crippen LogP contribution in [0.4, 0.5) is 22.2 Å². The number of anilines is 4. The van der Waals surface area contributed by atoms with Gasteiger partial charge in [0.25, 0.3) is 0 Å². The van der Waals surface area contributed by atoms with Crippen LogP contribution in [0.15, 0.2) is 85.7 Å². The van der Waals surface area contributed by atoms with E-state index in [1.807, 2.05) is 6.07 Å². The molecular formula is C28H22N10O4S2. The predicted octanol–water partition coefficient (Wildman–Crippen LogP) is 5.35. The van der Waals surface area contributed by atoms with Crippen LogP contribution >= 0.6 is 22.7 Å². The molecule has 0 unspecified atom stereocenters. The van der Waals surface area contributed by atoms with Crippen LogP contribution in [0.25, 0.3) is 22.8 Å². The van der Waals surface area contributed by atoms with Crippen molar-refractivity contribution >= 4 is 56.8 Å². The Kier molecular flexibility index (Phi) is 9.76. The summed E-state index contributed by atoms with van der Waals surface area (Å²) in [6.07, 6.45) is 9.65. The zero-order valence-corrected chi connectivity index (χ0v) is 24.5. The van der Waals surface area contributed by atoms with E-state index in [-0.39, 0.29) is 4.88 Å². The zero-order valence-electron chi connectivity index (χ0n) is 22.9. The molecule has 0 aromatic carbocycles. The largest absolute Gasteiger partial charge is 0.477 e. The lowest BCUT2D eigenvalue weighted by atomic mass is 10.2. The van der Waals surface area contributed by atoms with Gasteiger partial charge in [0.1, 0.15) is 21.1 Å². The standard InChI is InChI=1S/C15H13N5O2S.C13H9N5O2S/c1-2-22-13(21)12-11(10-6-3-4-7-16-10)19-15(23-12)20-14-17-8-5-9-18-14;19-11(20)10-9(8-4-1-2-5-14-8)17-13(21-10)18-12-15-6-3-7-16-12/h3-9H,2H2,1H3,(H,17,18,19,20);1-7H,(H,19,20)(H,15,16,17,18). The third kappa shape index (κ3) is 7.55. The average molecular weight is 627 g/mol. The number of pyridine rings is 2. The number of hydrogen-bond acceptors (Lipinski definition) is 15. The maximum Gasteiger partial charge on any atom is 0.350 e. The molecular weight excluding hydrogens is 605 g/mol. The highest BCUT2D eigenvalue weighted by Crippen LogP contribution is 2.32. The number of carbonyl (C=O) groups excluding carboxylic acids is 1. The first-order valence-corrected chi connectivity index (χ1v) is 14.5. The Labute approximate surface area is 258 Å². The van der Waals surface area contributed by atoms with E-state index < -0.39 is 11.9 Å². The van der Waals surface area contributed by atoms with E-state index in [0.717, 1.165) is 11.3 Å². The highest BCUT2D eigenvalue weighted by atomic mass is 32.1. The Balaban J connectivity index is 0.000000175. The van der Waals surface area contributed by atoms with Crippen molar-refractivity contribution in [2.24, 2.45) is 0 Å². The summed E-state index contributed by atoms with van der Waals surface area (Å²) in [4.78, 5) is 57.3. The quantitative estimate of drug-likeness (QED) is 0.174. The lowest BCUT2D eigenvalue weighted by Gasteiger charge is -2.01. The van der Waals surface area contributed by atoms with Crippen LogP contribution in [-0.2, 0) is 4.74 Å². The van der Waals surface area contributed by atoms with Crippen molar-refractivity contribution in [3.05, 3.63) is 95.5 Å². The molecule has 0 aliphatic rings. The summed E-state index contributed by atoms with van der Waals surface area (Å²) in [5.41, 5.74) is 1.92. The van der Waals surface area contributed by atoms with Gasteiger partial charge in [-0.3, -0.25) is 9.97 Å². The van der Waals surface area contributed by atoms with Gasteiger partial charge in [0.05, 0.1) is 18.0 Å². The molecule has 0 atom stereocenters. The monoisotopic (exact) mass is 626 g/mol. The first kappa shape index (κ1) is 29.7. The topological polar surface area (TPSA) is 191 Å². The second-order valence-corrected chi connectivity index (χ2v) is 10.2. The van der Waals surface area contributed by atoms with Crippen LogP contribution in [0.5, 0.6) is 0 Å². The van der Waals surface area contributed by atoms with Crippen molar-refractivity contribution < 1.29 is 19.4 Å². The summed E-state index contributed by atoms with van der Waals surface area (Å²) in [6, 6.07) is 14.1. The van der Waals surface area contributed by atoms with Gasteiger partial charge >= 0.3 is 11.9 Å². The number of ether oxygens (including phenoxy) is 1. The lowest BCUT2D eigenvalue weighted by Crippen LogP contribution is -2.04. The fourth-order valence-corrected chi connectivity index (χ4v) is 5.17. The van der Waals surface area contributed by atoms with Gasteiger partial charge in [0, 0.05) is 37.2 Å². The van der Waals surface area contributed by atoms with Gasteiger partial charge in [0.2, 0.25) is 11.9 Å². The molecule has 0 amide bonds. The Morgan fingerprint density at radius 3 is 1.57 bits per heavy atom. The van der Waals surface area contributed by atoms with Gasteiger partial charge in [-0.1, -0.05) is 34.8 Å². The van der Waals surface area contributed by atoms with E-state index in [4.69, 9.17) is 4.74 Å². The van der Waals surface area contributed by atoms with Gasteiger partial charge in [-0.25, -0.2) is 39.5 Å². The molecule has 0 aliphatic carbocycles. The molecule has 6 heterocycles. The Bertz CT molecular complexity index is 1820. The van der Waals surface area contributed by atoms with E-state index in [9.17, 15) is 14.7 Å². The van der Waals surface area contributed by atoms with Crippen LogP contribution in [0.3, 0.4) is 0 Å². The second kappa shape index (κ2) is 14.4. The van der Waals surface area contributed by atoms with Crippen LogP contribution in [0.1, 0.15) is 26.3 Å².